The van der Waals surface area contributed by atoms with Gasteiger partial charge in [-0.15, -0.1) is 0 Å². The van der Waals surface area contributed by atoms with Crippen LogP contribution in [0.5, 0.6) is 0 Å². The van der Waals surface area contributed by atoms with E-state index in [-0.39, 0.29) is 5.91 Å². The highest BCUT2D eigenvalue weighted by Gasteiger charge is 1.99. The molecule has 0 fully saturated rings. The minimum Gasteiger partial charge on any atom is -0.307 e. The van der Waals surface area contributed by atoms with Gasteiger partial charge in [-0.2, -0.15) is 5.10 Å². The number of carbonyl (C=O) groups is 1. The van der Waals surface area contributed by atoms with Gasteiger partial charge in [0, 0.05) is 13.3 Å². The highest BCUT2D eigenvalue weighted by Crippen LogP contribution is 1.86. The molecule has 0 unspecified atom stereocenters. The van der Waals surface area contributed by atoms with Gasteiger partial charge in [0.25, 0.3) is 5.91 Å². The lowest BCUT2D eigenvalue weighted by Crippen LogP contribution is -2.20. The molecule has 0 saturated carbocycles. The number of hydrogen-bond donors (Lipinski definition) is 1. The van der Waals surface area contributed by atoms with E-state index >= 15 is 0 Å². The SMILES string of the molecule is C=CC(=O)N(C)/N=C(/C)C=N. The largest absolute Gasteiger partial charge is 0.307 e. The molecule has 4 nitrogen and oxygen atoms in total. The first-order valence-corrected chi connectivity index (χ1v) is 3.07. The van der Waals surface area contributed by atoms with Crippen LogP contribution in [0.1, 0.15) is 6.92 Å². The van der Waals surface area contributed by atoms with Gasteiger partial charge in [-0.05, 0) is 13.0 Å². The van der Waals surface area contributed by atoms with E-state index in [0.717, 1.165) is 11.2 Å². The molecule has 0 saturated heterocycles. The number of carbonyl (C=O) groups excluding carboxylic acids is 1. The molecule has 4 heteroatoms. The van der Waals surface area contributed by atoms with E-state index in [1.54, 1.807) is 6.92 Å². The first kappa shape index (κ1) is 9.55. The van der Waals surface area contributed by atoms with Crippen LogP contribution < -0.4 is 0 Å². The maximum atomic E-state index is 10.8. The normalized spacial score (nSPS) is 10.5. The van der Waals surface area contributed by atoms with E-state index in [0.29, 0.717) is 5.71 Å². The third-order valence-corrected chi connectivity index (χ3v) is 1.01. The molecule has 0 atom stereocenters. The predicted octanol–water partition coefficient (Wildman–Crippen LogP) is 0.656. The van der Waals surface area contributed by atoms with E-state index in [1.165, 1.54) is 13.1 Å². The summed E-state index contributed by atoms with van der Waals surface area (Å²) in [6.45, 7) is 4.94. The maximum absolute atomic E-state index is 10.8. The quantitative estimate of drug-likeness (QED) is 0.361. The van der Waals surface area contributed by atoms with Crippen molar-refractivity contribution in [2.45, 2.75) is 6.92 Å². The van der Waals surface area contributed by atoms with Gasteiger partial charge in [-0.3, -0.25) is 4.79 Å². The Morgan fingerprint density at radius 1 is 1.73 bits per heavy atom. The second-order valence-electron chi connectivity index (χ2n) is 1.95. The molecule has 1 amide bonds. The number of nitrogens with one attached hydrogen (secondary N) is 1. The molecule has 0 aromatic heterocycles. The number of amides is 1. The zero-order valence-electron chi connectivity index (χ0n) is 6.66. The van der Waals surface area contributed by atoms with Crippen molar-refractivity contribution < 1.29 is 4.79 Å². The minimum absolute atomic E-state index is 0.286. The maximum Gasteiger partial charge on any atom is 0.265 e. The topological polar surface area (TPSA) is 56.5 Å². The minimum atomic E-state index is -0.286. The van der Waals surface area contributed by atoms with Crippen LogP contribution in [0.2, 0.25) is 0 Å². The summed E-state index contributed by atoms with van der Waals surface area (Å²) in [6.07, 6.45) is 2.24. The van der Waals surface area contributed by atoms with E-state index < -0.39 is 0 Å². The van der Waals surface area contributed by atoms with Crippen molar-refractivity contribution in [3.8, 4) is 0 Å². The molecular weight excluding hydrogens is 142 g/mol. The van der Waals surface area contributed by atoms with E-state index in [1.807, 2.05) is 0 Å². The molecule has 0 spiro atoms. The van der Waals surface area contributed by atoms with E-state index in [9.17, 15) is 4.79 Å². The van der Waals surface area contributed by atoms with E-state index in [4.69, 9.17) is 5.41 Å². The Kier molecular flexibility index (Phi) is 3.80. The van der Waals surface area contributed by atoms with Crippen molar-refractivity contribution in [1.82, 2.24) is 5.01 Å². The van der Waals surface area contributed by atoms with Crippen molar-refractivity contribution >= 4 is 17.8 Å². The zero-order valence-corrected chi connectivity index (χ0v) is 6.66. The average molecular weight is 153 g/mol. The Labute approximate surface area is 65.7 Å². The van der Waals surface area contributed by atoms with Gasteiger partial charge in [0.1, 0.15) is 0 Å². The first-order chi connectivity index (χ1) is 5.11. The van der Waals surface area contributed by atoms with Gasteiger partial charge >= 0.3 is 0 Å². The van der Waals surface area contributed by atoms with Crippen LogP contribution in [0, 0.1) is 5.41 Å². The van der Waals surface area contributed by atoms with Gasteiger partial charge in [-0.1, -0.05) is 6.58 Å². The number of rotatable bonds is 3. The molecule has 0 aliphatic rings. The van der Waals surface area contributed by atoms with Crippen LogP contribution in [-0.4, -0.2) is 29.9 Å². The average Bonchev–Trinajstić information content (AvgIpc) is 2.02. The fourth-order valence-corrected chi connectivity index (χ4v) is 0.447. The van der Waals surface area contributed by atoms with Crippen molar-refractivity contribution in [3.63, 3.8) is 0 Å². The van der Waals surface area contributed by atoms with Crippen LogP contribution in [0.3, 0.4) is 0 Å². The van der Waals surface area contributed by atoms with Gasteiger partial charge in [0.05, 0.1) is 5.71 Å². The molecule has 0 radical (unpaired) electrons. The van der Waals surface area contributed by atoms with Crippen molar-refractivity contribution in [2.24, 2.45) is 5.10 Å². The van der Waals surface area contributed by atoms with Crippen molar-refractivity contribution in [2.75, 3.05) is 7.05 Å². The van der Waals surface area contributed by atoms with Crippen LogP contribution in [0.4, 0.5) is 0 Å². The highest BCUT2D eigenvalue weighted by molar-refractivity contribution is 6.28. The van der Waals surface area contributed by atoms with Gasteiger partial charge < -0.3 is 5.41 Å². The zero-order chi connectivity index (χ0) is 8.85. The molecule has 0 rings (SSSR count). The summed E-state index contributed by atoms with van der Waals surface area (Å²) < 4.78 is 0. The highest BCUT2D eigenvalue weighted by atomic mass is 16.2. The fourth-order valence-electron chi connectivity index (χ4n) is 0.447. The van der Waals surface area contributed by atoms with Crippen LogP contribution in [0.15, 0.2) is 17.8 Å². The Hall–Kier alpha value is -1.45. The Balaban J connectivity index is 4.26. The lowest BCUT2D eigenvalue weighted by Gasteiger charge is -2.07. The fraction of sp³-hybridized carbons (Fsp3) is 0.286. The number of likely N-dealkylation sites (N-methyl/N-ethyl adjacent to an activating group) is 1. The number of hydrazone groups is 1. The molecule has 0 aromatic rings. The summed E-state index contributed by atoms with van der Waals surface area (Å²) in [5, 5.41) is 11.7. The molecule has 0 aliphatic heterocycles. The summed E-state index contributed by atoms with van der Waals surface area (Å²) in [6, 6.07) is 0. The Bertz CT molecular complexity index is 208. The molecule has 60 valence electrons. The van der Waals surface area contributed by atoms with Crippen LogP contribution in [-0.2, 0) is 4.79 Å². The lowest BCUT2D eigenvalue weighted by atomic mass is 10.5. The Morgan fingerprint density at radius 2 is 2.27 bits per heavy atom. The molecule has 0 aromatic carbocycles. The Morgan fingerprint density at radius 3 is 2.64 bits per heavy atom. The van der Waals surface area contributed by atoms with Crippen molar-refractivity contribution in [1.29, 1.82) is 5.41 Å². The predicted molar refractivity (Wildman–Crippen MR) is 44.9 cm³/mol. The smallest absolute Gasteiger partial charge is 0.265 e. The van der Waals surface area contributed by atoms with Crippen LogP contribution in [0.25, 0.3) is 0 Å². The summed E-state index contributed by atoms with van der Waals surface area (Å²) in [7, 11) is 1.51. The molecule has 0 heterocycles. The van der Waals surface area contributed by atoms with E-state index in [2.05, 4.69) is 11.7 Å². The summed E-state index contributed by atoms with van der Waals surface area (Å²) in [4.78, 5) is 10.8. The van der Waals surface area contributed by atoms with Crippen LogP contribution >= 0.6 is 0 Å². The second-order valence-corrected chi connectivity index (χ2v) is 1.95. The monoisotopic (exact) mass is 153 g/mol. The van der Waals surface area contributed by atoms with Gasteiger partial charge in [0.2, 0.25) is 0 Å². The molecular formula is C7H11N3O. The second kappa shape index (κ2) is 4.38. The number of nitrogens with zero attached hydrogens (tertiary/aromatic N) is 2. The third kappa shape index (κ3) is 3.30. The number of hydrogen-bond acceptors (Lipinski definition) is 3. The summed E-state index contributed by atoms with van der Waals surface area (Å²) >= 11 is 0. The van der Waals surface area contributed by atoms with Gasteiger partial charge in [0.15, 0.2) is 0 Å². The third-order valence-electron chi connectivity index (χ3n) is 1.01. The summed E-state index contributed by atoms with van der Waals surface area (Å²) in [5.74, 6) is -0.286. The van der Waals surface area contributed by atoms with Crippen molar-refractivity contribution in [3.05, 3.63) is 12.7 Å². The molecule has 0 bridgehead atoms. The lowest BCUT2D eigenvalue weighted by molar-refractivity contribution is -0.124. The standard InChI is InChI=1S/C7H11N3O/c1-4-7(11)10(3)9-6(2)5-8/h4-5,8H,1H2,2-3H3/b8-5?,9-6-. The first-order valence-electron chi connectivity index (χ1n) is 3.07. The molecule has 1 N–H and O–H groups in total. The summed E-state index contributed by atoms with van der Waals surface area (Å²) in [5.41, 5.74) is 0.475. The van der Waals surface area contributed by atoms with Gasteiger partial charge in [-0.25, -0.2) is 5.01 Å². The molecule has 11 heavy (non-hydrogen) atoms. The molecule has 0 aliphatic carbocycles.